The van der Waals surface area contributed by atoms with Crippen molar-refractivity contribution in [3.05, 3.63) is 35.9 Å². The molecule has 2 N–H and O–H groups in total. The van der Waals surface area contributed by atoms with E-state index in [4.69, 9.17) is 0 Å². The average molecular weight is 345 g/mol. The molecule has 0 aliphatic carbocycles. The molecule has 25 heavy (non-hydrogen) atoms. The summed E-state index contributed by atoms with van der Waals surface area (Å²) in [6.07, 6.45) is 4.08. The minimum Gasteiger partial charge on any atom is -0.355 e. The van der Waals surface area contributed by atoms with E-state index >= 15 is 0 Å². The monoisotopic (exact) mass is 345 g/mol. The predicted octanol–water partition coefficient (Wildman–Crippen LogP) is 2.54. The van der Waals surface area contributed by atoms with Crippen LogP contribution in [-0.4, -0.2) is 35.8 Å². The second-order valence-corrected chi connectivity index (χ2v) is 6.40. The highest BCUT2D eigenvalue weighted by molar-refractivity contribution is 6.09. The van der Waals surface area contributed by atoms with Crippen LogP contribution in [0.15, 0.2) is 30.3 Å². The Kier molecular flexibility index (Phi) is 6.56. The number of rotatable bonds is 9. The highest BCUT2D eigenvalue weighted by Crippen LogP contribution is 2.33. The zero-order chi connectivity index (χ0) is 18.3. The summed E-state index contributed by atoms with van der Waals surface area (Å²) in [6.45, 7) is 4.39. The lowest BCUT2D eigenvalue weighted by Gasteiger charge is -2.27. The molecule has 0 bridgehead atoms. The number of urea groups is 1. The number of hydrogen-bond donors (Lipinski definition) is 2. The number of nitrogens with one attached hydrogen (secondary N) is 2. The number of carbonyl (C=O) groups excluding carboxylic acids is 3. The molecule has 6 heteroatoms. The van der Waals surface area contributed by atoms with Crippen molar-refractivity contribution in [3.63, 3.8) is 0 Å². The molecule has 1 aliphatic rings. The third-order valence-corrected chi connectivity index (χ3v) is 4.50. The molecule has 4 amide bonds. The third kappa shape index (κ3) is 4.18. The largest absolute Gasteiger partial charge is 0.355 e. The van der Waals surface area contributed by atoms with Gasteiger partial charge in [-0.2, -0.15) is 0 Å². The van der Waals surface area contributed by atoms with Gasteiger partial charge in [0.15, 0.2) is 0 Å². The molecule has 1 saturated heterocycles. The zero-order valence-electron chi connectivity index (χ0n) is 15.0. The first-order valence-electron chi connectivity index (χ1n) is 9.01. The minimum absolute atomic E-state index is 0.241. The molecule has 0 spiro atoms. The van der Waals surface area contributed by atoms with E-state index in [0.29, 0.717) is 13.0 Å². The van der Waals surface area contributed by atoms with Gasteiger partial charge in [0.1, 0.15) is 12.1 Å². The van der Waals surface area contributed by atoms with Crippen molar-refractivity contribution in [2.45, 2.75) is 51.5 Å². The molecule has 1 aromatic carbocycles. The Hall–Kier alpha value is -2.37. The zero-order valence-corrected chi connectivity index (χ0v) is 15.0. The Labute approximate surface area is 149 Å². The summed E-state index contributed by atoms with van der Waals surface area (Å²) in [5.74, 6) is -0.654. The molecule has 0 saturated carbocycles. The Morgan fingerprint density at radius 1 is 1.12 bits per heavy atom. The van der Waals surface area contributed by atoms with Crippen LogP contribution >= 0.6 is 0 Å². The fraction of sp³-hybridized carbons (Fsp3) is 0.526. The summed E-state index contributed by atoms with van der Waals surface area (Å²) in [5.41, 5.74) is -0.311. The second kappa shape index (κ2) is 8.65. The summed E-state index contributed by atoms with van der Waals surface area (Å²) >= 11 is 0. The average Bonchev–Trinajstić information content (AvgIpc) is 2.86. The third-order valence-electron chi connectivity index (χ3n) is 4.50. The van der Waals surface area contributed by atoms with Crippen molar-refractivity contribution < 1.29 is 14.4 Å². The molecule has 6 nitrogen and oxygen atoms in total. The number of unbranched alkanes of at least 4 members (excludes halogenated alkanes) is 2. The van der Waals surface area contributed by atoms with Gasteiger partial charge in [-0.05, 0) is 18.4 Å². The van der Waals surface area contributed by atoms with Gasteiger partial charge >= 0.3 is 6.03 Å². The number of hydrogen-bond acceptors (Lipinski definition) is 3. The van der Waals surface area contributed by atoms with Gasteiger partial charge in [-0.1, -0.05) is 63.4 Å². The van der Waals surface area contributed by atoms with E-state index in [1.807, 2.05) is 44.2 Å². The first kappa shape index (κ1) is 19.0. The van der Waals surface area contributed by atoms with Gasteiger partial charge in [-0.25, -0.2) is 4.79 Å². The van der Waals surface area contributed by atoms with E-state index in [9.17, 15) is 14.4 Å². The van der Waals surface area contributed by atoms with Crippen molar-refractivity contribution in [3.8, 4) is 0 Å². The van der Waals surface area contributed by atoms with Crippen molar-refractivity contribution in [1.29, 1.82) is 0 Å². The molecule has 1 fully saturated rings. The lowest BCUT2D eigenvalue weighted by atomic mass is 9.85. The maximum absolute atomic E-state index is 13.1. The summed E-state index contributed by atoms with van der Waals surface area (Å²) in [7, 11) is 0. The first-order chi connectivity index (χ1) is 12.0. The molecule has 0 aromatic heterocycles. The normalized spacial score (nSPS) is 19.8. The highest BCUT2D eigenvalue weighted by Gasteiger charge is 2.52. The standard InChI is InChI=1S/C19H27N3O3/c1-3-5-12-19(15-10-8-7-9-11-15)17(24)22(18(25)21-19)14-16(23)20-13-6-4-2/h7-11H,3-6,12-14H2,1-2H3,(H,20,23)(H,21,25). The van der Waals surface area contributed by atoms with Gasteiger partial charge in [0.05, 0.1) is 0 Å². The molecule has 2 rings (SSSR count). The lowest BCUT2D eigenvalue weighted by Crippen LogP contribution is -2.45. The SMILES string of the molecule is CCCCNC(=O)CN1C(=O)NC(CCCC)(c2ccccc2)C1=O. The van der Waals surface area contributed by atoms with E-state index in [2.05, 4.69) is 10.6 Å². The van der Waals surface area contributed by atoms with Crippen LogP contribution in [0.1, 0.15) is 51.5 Å². The number of amides is 4. The summed E-state index contributed by atoms with van der Waals surface area (Å²) in [5, 5.41) is 5.60. The van der Waals surface area contributed by atoms with E-state index < -0.39 is 11.6 Å². The Bertz CT molecular complexity index is 618. The van der Waals surface area contributed by atoms with E-state index in [0.717, 1.165) is 36.1 Å². The van der Waals surface area contributed by atoms with Crippen molar-refractivity contribution in [1.82, 2.24) is 15.5 Å². The van der Waals surface area contributed by atoms with Crippen LogP contribution in [-0.2, 0) is 15.1 Å². The van der Waals surface area contributed by atoms with Crippen LogP contribution in [0, 0.1) is 0 Å². The number of benzene rings is 1. The molecule has 0 radical (unpaired) electrons. The van der Waals surface area contributed by atoms with Crippen LogP contribution in [0.5, 0.6) is 0 Å². The van der Waals surface area contributed by atoms with Crippen molar-refractivity contribution >= 4 is 17.8 Å². The van der Waals surface area contributed by atoms with Crippen molar-refractivity contribution in [2.75, 3.05) is 13.1 Å². The van der Waals surface area contributed by atoms with Crippen LogP contribution in [0.3, 0.4) is 0 Å². The van der Waals surface area contributed by atoms with Crippen LogP contribution in [0.2, 0.25) is 0 Å². The fourth-order valence-electron chi connectivity index (χ4n) is 3.05. The topological polar surface area (TPSA) is 78.5 Å². The summed E-state index contributed by atoms with van der Waals surface area (Å²) < 4.78 is 0. The molecule has 1 aromatic rings. The molecule has 1 heterocycles. The Morgan fingerprint density at radius 2 is 1.80 bits per heavy atom. The fourth-order valence-corrected chi connectivity index (χ4v) is 3.05. The van der Waals surface area contributed by atoms with Gasteiger partial charge in [0.2, 0.25) is 5.91 Å². The first-order valence-corrected chi connectivity index (χ1v) is 9.01. The maximum Gasteiger partial charge on any atom is 0.325 e. The summed E-state index contributed by atoms with van der Waals surface area (Å²) in [6, 6.07) is 8.76. The molecular weight excluding hydrogens is 318 g/mol. The molecule has 1 unspecified atom stereocenters. The lowest BCUT2D eigenvalue weighted by molar-refractivity contribution is -0.135. The Balaban J connectivity index is 2.19. The number of carbonyl (C=O) groups is 3. The van der Waals surface area contributed by atoms with Crippen molar-refractivity contribution in [2.24, 2.45) is 0 Å². The van der Waals surface area contributed by atoms with E-state index in [1.165, 1.54) is 0 Å². The van der Waals surface area contributed by atoms with Gasteiger partial charge in [-0.3, -0.25) is 14.5 Å². The van der Waals surface area contributed by atoms with Gasteiger partial charge in [0, 0.05) is 6.54 Å². The van der Waals surface area contributed by atoms with Crippen LogP contribution < -0.4 is 10.6 Å². The quantitative estimate of drug-likeness (QED) is 0.533. The Morgan fingerprint density at radius 3 is 2.44 bits per heavy atom. The van der Waals surface area contributed by atoms with Gasteiger partial charge in [-0.15, -0.1) is 0 Å². The maximum atomic E-state index is 13.1. The van der Waals surface area contributed by atoms with Gasteiger partial charge in [0.25, 0.3) is 5.91 Å². The van der Waals surface area contributed by atoms with Crippen LogP contribution in [0.4, 0.5) is 4.79 Å². The molecule has 136 valence electrons. The van der Waals surface area contributed by atoms with Crippen LogP contribution in [0.25, 0.3) is 0 Å². The number of nitrogens with zero attached hydrogens (tertiary/aromatic N) is 1. The smallest absolute Gasteiger partial charge is 0.325 e. The highest BCUT2D eigenvalue weighted by atomic mass is 16.2. The number of imide groups is 1. The summed E-state index contributed by atoms with van der Waals surface area (Å²) in [4.78, 5) is 38.6. The van der Waals surface area contributed by atoms with Gasteiger partial charge < -0.3 is 10.6 Å². The second-order valence-electron chi connectivity index (χ2n) is 6.40. The van der Waals surface area contributed by atoms with E-state index in [-0.39, 0.29) is 18.4 Å². The van der Waals surface area contributed by atoms with E-state index in [1.54, 1.807) is 0 Å². The molecule has 1 atom stereocenters. The molecule has 1 aliphatic heterocycles. The minimum atomic E-state index is -1.07. The predicted molar refractivity (Wildman–Crippen MR) is 95.8 cm³/mol. The molecular formula is C19H27N3O3.